The van der Waals surface area contributed by atoms with Crippen molar-refractivity contribution >= 4 is 22.8 Å². The zero-order chi connectivity index (χ0) is 22.7. The van der Waals surface area contributed by atoms with Crippen LogP contribution in [0.15, 0.2) is 47.3 Å². The minimum absolute atomic E-state index is 0.0963. The summed E-state index contributed by atoms with van der Waals surface area (Å²) in [4.78, 5) is 42.0. The van der Waals surface area contributed by atoms with Gasteiger partial charge in [-0.15, -0.1) is 0 Å². The Balaban J connectivity index is 1.42. The van der Waals surface area contributed by atoms with Gasteiger partial charge in [-0.3, -0.25) is 14.2 Å². The molecule has 1 aliphatic rings. The largest absolute Gasteiger partial charge is 0.452 e. The summed E-state index contributed by atoms with van der Waals surface area (Å²) < 4.78 is 19.9. The number of aromatic nitrogens is 2. The van der Waals surface area contributed by atoms with Crippen molar-refractivity contribution < 1.29 is 18.7 Å². The van der Waals surface area contributed by atoms with Gasteiger partial charge < -0.3 is 10.1 Å². The van der Waals surface area contributed by atoms with E-state index in [9.17, 15) is 18.8 Å². The highest BCUT2D eigenvalue weighted by molar-refractivity contribution is 5.95. The fourth-order valence-corrected chi connectivity index (χ4v) is 3.88. The smallest absolute Gasteiger partial charge is 0.338 e. The zero-order valence-corrected chi connectivity index (χ0v) is 17.8. The molecule has 8 heteroatoms. The summed E-state index contributed by atoms with van der Waals surface area (Å²) in [6.07, 6.45) is 3.71. The van der Waals surface area contributed by atoms with Crippen LogP contribution in [0.1, 0.15) is 54.0 Å². The van der Waals surface area contributed by atoms with Gasteiger partial charge in [0, 0.05) is 13.0 Å². The summed E-state index contributed by atoms with van der Waals surface area (Å²) >= 11 is 0. The lowest BCUT2D eigenvalue weighted by molar-refractivity contribution is -0.124. The lowest BCUT2D eigenvalue weighted by Gasteiger charge is -2.14. The molecule has 0 bridgehead atoms. The molecule has 2 heterocycles. The highest BCUT2D eigenvalue weighted by atomic mass is 19.1. The molecular formula is C24H24FN3O4. The Labute approximate surface area is 184 Å². The van der Waals surface area contributed by atoms with E-state index in [1.807, 2.05) is 0 Å². The number of aryl methyl sites for hydroxylation is 1. The highest BCUT2D eigenvalue weighted by Gasteiger charge is 2.17. The maximum atomic E-state index is 13.0. The van der Waals surface area contributed by atoms with E-state index in [0.717, 1.165) is 37.1 Å². The SMILES string of the molecule is CC(NC(=O)COC(=O)c1ccc2c(=O)n3c(nc2c1)CCCCC3)c1ccc(F)cc1. The lowest BCUT2D eigenvalue weighted by Crippen LogP contribution is -2.31. The normalized spacial score (nSPS) is 14.3. The fraction of sp³-hybridized carbons (Fsp3) is 0.333. The molecule has 0 radical (unpaired) electrons. The van der Waals surface area contributed by atoms with Crippen molar-refractivity contribution in [3.05, 3.63) is 75.6 Å². The van der Waals surface area contributed by atoms with Crippen LogP contribution in [-0.4, -0.2) is 28.0 Å². The number of amides is 1. The average molecular weight is 437 g/mol. The number of fused-ring (bicyclic) bond motifs is 2. The van der Waals surface area contributed by atoms with Crippen molar-refractivity contribution in [3.8, 4) is 0 Å². The minimum atomic E-state index is -0.673. The van der Waals surface area contributed by atoms with Crippen molar-refractivity contribution in [2.45, 2.75) is 45.2 Å². The first-order chi connectivity index (χ1) is 15.4. The maximum Gasteiger partial charge on any atom is 0.338 e. The molecule has 3 aromatic rings. The van der Waals surface area contributed by atoms with E-state index in [1.165, 1.54) is 24.3 Å². The van der Waals surface area contributed by atoms with Crippen molar-refractivity contribution in [2.24, 2.45) is 0 Å². The molecule has 1 atom stereocenters. The molecular weight excluding hydrogens is 413 g/mol. The Morgan fingerprint density at radius 2 is 1.94 bits per heavy atom. The summed E-state index contributed by atoms with van der Waals surface area (Å²) in [6, 6.07) is 10.0. The number of rotatable bonds is 5. The van der Waals surface area contributed by atoms with E-state index in [1.54, 1.807) is 29.7 Å². The molecule has 0 saturated carbocycles. The summed E-state index contributed by atoms with van der Waals surface area (Å²) in [7, 11) is 0. The number of halogens is 1. The second-order valence-electron chi connectivity index (χ2n) is 7.94. The summed E-state index contributed by atoms with van der Waals surface area (Å²) in [6.45, 7) is 1.96. The van der Waals surface area contributed by atoms with Crippen LogP contribution in [0, 0.1) is 5.82 Å². The number of hydrogen-bond donors (Lipinski definition) is 1. The molecule has 4 rings (SSSR count). The highest BCUT2D eigenvalue weighted by Crippen LogP contribution is 2.17. The monoisotopic (exact) mass is 437 g/mol. The Bertz CT molecular complexity index is 1220. The van der Waals surface area contributed by atoms with Gasteiger partial charge in [0.1, 0.15) is 11.6 Å². The first kappa shape index (κ1) is 21.7. The molecule has 32 heavy (non-hydrogen) atoms. The van der Waals surface area contributed by atoms with Crippen LogP contribution in [0.4, 0.5) is 4.39 Å². The maximum absolute atomic E-state index is 13.0. The van der Waals surface area contributed by atoms with Crippen LogP contribution in [0.3, 0.4) is 0 Å². The summed E-state index contributed by atoms with van der Waals surface area (Å²) in [5, 5.41) is 3.16. The van der Waals surface area contributed by atoms with Gasteiger partial charge in [0.25, 0.3) is 11.5 Å². The minimum Gasteiger partial charge on any atom is -0.452 e. The van der Waals surface area contributed by atoms with Crippen LogP contribution in [0.25, 0.3) is 10.9 Å². The molecule has 0 fully saturated rings. The van der Waals surface area contributed by atoms with Crippen LogP contribution in [0.2, 0.25) is 0 Å². The molecule has 1 aromatic heterocycles. The third-order valence-corrected chi connectivity index (χ3v) is 5.63. The van der Waals surface area contributed by atoms with Gasteiger partial charge in [-0.2, -0.15) is 0 Å². The van der Waals surface area contributed by atoms with E-state index in [2.05, 4.69) is 10.3 Å². The molecule has 1 amide bonds. The second kappa shape index (κ2) is 9.30. The number of esters is 1. The topological polar surface area (TPSA) is 90.3 Å². The average Bonchev–Trinajstić information content (AvgIpc) is 3.03. The predicted molar refractivity (Wildman–Crippen MR) is 117 cm³/mol. The number of carbonyl (C=O) groups is 2. The van der Waals surface area contributed by atoms with Crippen LogP contribution < -0.4 is 10.9 Å². The molecule has 7 nitrogen and oxygen atoms in total. The number of carbonyl (C=O) groups excluding carboxylic acids is 2. The zero-order valence-electron chi connectivity index (χ0n) is 17.8. The first-order valence-electron chi connectivity index (χ1n) is 10.7. The number of benzene rings is 2. The number of nitrogens with zero attached hydrogens (tertiary/aromatic N) is 2. The van der Waals surface area contributed by atoms with E-state index in [0.29, 0.717) is 17.4 Å². The second-order valence-corrected chi connectivity index (χ2v) is 7.94. The van der Waals surface area contributed by atoms with Gasteiger partial charge in [-0.25, -0.2) is 14.2 Å². The van der Waals surface area contributed by atoms with Gasteiger partial charge >= 0.3 is 5.97 Å². The van der Waals surface area contributed by atoms with Gasteiger partial charge in [0.2, 0.25) is 0 Å². The van der Waals surface area contributed by atoms with E-state index < -0.39 is 18.5 Å². The van der Waals surface area contributed by atoms with Gasteiger partial charge in [-0.1, -0.05) is 18.6 Å². The predicted octanol–water partition coefficient (Wildman–Crippen LogP) is 3.30. The van der Waals surface area contributed by atoms with Gasteiger partial charge in [0.05, 0.1) is 22.5 Å². The van der Waals surface area contributed by atoms with Crippen molar-refractivity contribution in [3.63, 3.8) is 0 Å². The van der Waals surface area contributed by atoms with Gasteiger partial charge in [-0.05, 0) is 55.7 Å². The molecule has 0 aliphatic carbocycles. The van der Waals surface area contributed by atoms with Crippen molar-refractivity contribution in [2.75, 3.05) is 6.61 Å². The van der Waals surface area contributed by atoms with E-state index in [-0.39, 0.29) is 23.0 Å². The van der Waals surface area contributed by atoms with Crippen molar-refractivity contribution in [1.82, 2.24) is 14.9 Å². The Kier molecular flexibility index (Phi) is 6.30. The lowest BCUT2D eigenvalue weighted by atomic mass is 10.1. The number of ether oxygens (including phenoxy) is 1. The third kappa shape index (κ3) is 4.69. The number of hydrogen-bond acceptors (Lipinski definition) is 5. The molecule has 1 N–H and O–H groups in total. The Morgan fingerprint density at radius 1 is 1.16 bits per heavy atom. The number of nitrogens with one attached hydrogen (secondary N) is 1. The molecule has 2 aromatic carbocycles. The summed E-state index contributed by atoms with van der Waals surface area (Å²) in [5.41, 5.74) is 1.31. The molecule has 0 saturated heterocycles. The van der Waals surface area contributed by atoms with Gasteiger partial charge in [0.15, 0.2) is 6.61 Å². The molecule has 166 valence electrons. The first-order valence-corrected chi connectivity index (χ1v) is 10.7. The van der Waals surface area contributed by atoms with Crippen LogP contribution in [-0.2, 0) is 22.5 Å². The third-order valence-electron chi connectivity index (χ3n) is 5.63. The van der Waals surface area contributed by atoms with Crippen LogP contribution >= 0.6 is 0 Å². The quantitative estimate of drug-likeness (QED) is 0.619. The van der Waals surface area contributed by atoms with Crippen molar-refractivity contribution in [1.29, 1.82) is 0 Å². The Morgan fingerprint density at radius 3 is 2.72 bits per heavy atom. The fourth-order valence-electron chi connectivity index (χ4n) is 3.88. The van der Waals surface area contributed by atoms with E-state index >= 15 is 0 Å². The van der Waals surface area contributed by atoms with E-state index in [4.69, 9.17) is 4.74 Å². The summed E-state index contributed by atoms with van der Waals surface area (Å²) in [5.74, 6) is -0.768. The standard InChI is InChI=1S/C24H24FN3O4/c1-15(16-6-9-18(25)10-7-16)26-22(29)14-32-24(31)17-8-11-19-20(13-17)27-21-5-3-2-4-12-28(21)23(19)30/h6-11,13,15H,2-5,12,14H2,1H3,(H,26,29). The van der Waals surface area contributed by atoms with Crippen LogP contribution in [0.5, 0.6) is 0 Å². The molecule has 0 spiro atoms. The Hall–Kier alpha value is -3.55. The molecule has 1 unspecified atom stereocenters. The molecule has 1 aliphatic heterocycles.